The van der Waals surface area contributed by atoms with Crippen LogP contribution in [-0.2, 0) is 16.0 Å². The Morgan fingerprint density at radius 1 is 1.57 bits per heavy atom. The maximum absolute atomic E-state index is 3.74. The van der Waals surface area contributed by atoms with Crippen LogP contribution in [-0.4, -0.2) is 8.41 Å². The second-order valence-electron chi connectivity index (χ2n) is 1.23. The molecule has 0 N–H and O–H groups in total. The third-order valence-corrected chi connectivity index (χ3v) is 1.13. The van der Waals surface area contributed by atoms with Crippen molar-refractivity contribution < 1.29 is 16.0 Å². The van der Waals surface area contributed by atoms with E-state index in [9.17, 15) is 0 Å². The van der Waals surface area contributed by atoms with E-state index in [1.807, 2.05) is 12.2 Å². The van der Waals surface area contributed by atoms with Crippen molar-refractivity contribution >= 4 is 8.41 Å². The third-order valence-electron chi connectivity index (χ3n) is 0.717. The van der Waals surface area contributed by atoms with Gasteiger partial charge in [-0.1, -0.05) is 0 Å². The summed E-state index contributed by atoms with van der Waals surface area (Å²) >= 11 is 3.74. The predicted molar refractivity (Wildman–Crippen MR) is 31.8 cm³/mol. The average Bonchev–Trinajstić information content (AvgIpc) is 1.86. The molecule has 1 aliphatic rings. The number of rotatable bonds is 0. The molecule has 1 rings (SSSR count). The summed E-state index contributed by atoms with van der Waals surface area (Å²) < 4.78 is 1.22. The Hall–Kier alpha value is 0.0644. The first-order chi connectivity index (χ1) is 2.89. The number of hydrogen-bond donors (Lipinski definition) is 0. The van der Waals surface area contributed by atoms with Crippen LogP contribution in [0.3, 0.4) is 0 Å². The first kappa shape index (κ1) is 7.06. The molecule has 0 spiro atoms. The Balaban J connectivity index is 0.000000360. The summed E-state index contributed by atoms with van der Waals surface area (Å²) in [5, 5.41) is 0. The van der Waals surface area contributed by atoms with Crippen LogP contribution in [0.4, 0.5) is 0 Å². The Bertz CT molecular complexity index is 105. The molecule has 2 heteroatoms. The Morgan fingerprint density at radius 3 is 2.43 bits per heavy atom. The van der Waals surface area contributed by atoms with E-state index in [2.05, 4.69) is 22.1 Å². The molecular weight excluding hydrogens is 127 g/mol. The van der Waals surface area contributed by atoms with E-state index in [1.54, 1.807) is 0 Å². The molecule has 0 aliphatic heterocycles. The first-order valence-electron chi connectivity index (χ1n) is 1.89. The van der Waals surface area contributed by atoms with Crippen molar-refractivity contribution in [2.24, 2.45) is 0 Å². The van der Waals surface area contributed by atoms with E-state index in [4.69, 9.17) is 0 Å². The van der Waals surface area contributed by atoms with Gasteiger partial charge in [0.2, 0.25) is 0 Å². The zero-order chi connectivity index (χ0) is 4.41. The topological polar surface area (TPSA) is 0 Å². The molecule has 0 nitrogen and oxygen atoms in total. The van der Waals surface area contributed by atoms with Crippen LogP contribution >= 0.6 is 0 Å². The molecule has 0 fully saturated rings. The predicted octanol–water partition coefficient (Wildman–Crippen LogP) is 0.193. The summed E-state index contributed by atoms with van der Waals surface area (Å²) in [4.78, 5) is 0. The van der Waals surface area contributed by atoms with Crippen molar-refractivity contribution in [2.45, 2.75) is 6.42 Å². The van der Waals surface area contributed by atoms with Crippen LogP contribution in [0.5, 0.6) is 0 Å². The Kier molecular flexibility index (Phi) is 3.15. The molecule has 39 valence electrons. The fourth-order valence-corrected chi connectivity index (χ4v) is 0.652. The monoisotopic (exact) mass is 135 g/mol. The van der Waals surface area contributed by atoms with Crippen LogP contribution in [0.15, 0.2) is 22.7 Å². The van der Waals surface area contributed by atoms with Crippen LogP contribution in [0, 0.1) is 0 Å². The van der Waals surface area contributed by atoms with Gasteiger partial charge in [-0.05, 0) is 0 Å². The fourth-order valence-electron chi connectivity index (χ4n) is 0.416. The molecular formula is C5H8BFe. The first-order valence-corrected chi connectivity index (χ1v) is 2.45. The van der Waals surface area contributed by atoms with Gasteiger partial charge in [0.15, 0.2) is 0 Å². The molecule has 0 saturated heterocycles. The quantitative estimate of drug-likeness (QED) is 0.416. The zero-order valence-electron chi connectivity index (χ0n) is 3.29. The SMILES string of the molecule is B.[Fe][C]1=CC=CC1. The summed E-state index contributed by atoms with van der Waals surface area (Å²) in [5.41, 5.74) is 0. The standard InChI is InChI=1S/C5H5.BH3.Fe/c1-2-4-5-3-1;;/h1-3H,4H2;1H3;. The number of allylic oxidation sites excluding steroid dienone is 4. The molecule has 0 unspecified atom stereocenters. The van der Waals surface area contributed by atoms with Gasteiger partial charge in [-0.3, -0.25) is 0 Å². The third kappa shape index (κ3) is 2.01. The molecule has 1 aliphatic carbocycles. The van der Waals surface area contributed by atoms with Gasteiger partial charge in [-0.2, -0.15) is 0 Å². The van der Waals surface area contributed by atoms with Gasteiger partial charge in [0.25, 0.3) is 0 Å². The minimum absolute atomic E-state index is 0. The van der Waals surface area contributed by atoms with E-state index >= 15 is 0 Å². The van der Waals surface area contributed by atoms with Gasteiger partial charge >= 0.3 is 45.1 Å². The summed E-state index contributed by atoms with van der Waals surface area (Å²) in [6, 6.07) is 0. The molecule has 0 radical (unpaired) electrons. The normalized spacial score (nSPS) is 15.9. The molecule has 0 aromatic heterocycles. The van der Waals surface area contributed by atoms with Gasteiger partial charge < -0.3 is 0 Å². The van der Waals surface area contributed by atoms with Gasteiger partial charge in [0.1, 0.15) is 0 Å². The Morgan fingerprint density at radius 2 is 2.29 bits per heavy atom. The van der Waals surface area contributed by atoms with E-state index in [0.29, 0.717) is 0 Å². The molecule has 0 heterocycles. The second kappa shape index (κ2) is 3.12. The van der Waals surface area contributed by atoms with E-state index in [0.717, 1.165) is 6.42 Å². The zero-order valence-corrected chi connectivity index (χ0v) is 4.40. The van der Waals surface area contributed by atoms with E-state index < -0.39 is 0 Å². The van der Waals surface area contributed by atoms with E-state index in [-0.39, 0.29) is 8.41 Å². The van der Waals surface area contributed by atoms with Gasteiger partial charge in [-0.25, -0.2) is 0 Å². The molecule has 0 saturated carbocycles. The molecule has 0 atom stereocenters. The van der Waals surface area contributed by atoms with Crippen molar-refractivity contribution in [1.29, 1.82) is 0 Å². The summed E-state index contributed by atoms with van der Waals surface area (Å²) in [5.74, 6) is 0. The molecule has 0 aromatic rings. The van der Waals surface area contributed by atoms with Crippen LogP contribution in [0.1, 0.15) is 6.42 Å². The van der Waals surface area contributed by atoms with Crippen molar-refractivity contribution in [3.05, 3.63) is 22.7 Å². The maximum atomic E-state index is 3.74. The second-order valence-corrected chi connectivity index (χ2v) is 1.94. The number of hydrogen-bond acceptors (Lipinski definition) is 0. The van der Waals surface area contributed by atoms with Gasteiger partial charge in [0.05, 0.1) is 8.41 Å². The minimum atomic E-state index is 0. The van der Waals surface area contributed by atoms with Gasteiger partial charge in [-0.15, -0.1) is 0 Å². The van der Waals surface area contributed by atoms with Crippen molar-refractivity contribution in [2.75, 3.05) is 0 Å². The summed E-state index contributed by atoms with van der Waals surface area (Å²) in [6.45, 7) is 0. The van der Waals surface area contributed by atoms with Crippen molar-refractivity contribution in [3.63, 3.8) is 0 Å². The van der Waals surface area contributed by atoms with Crippen LogP contribution < -0.4 is 0 Å². The average molecular weight is 135 g/mol. The van der Waals surface area contributed by atoms with Crippen LogP contribution in [0.2, 0.25) is 0 Å². The van der Waals surface area contributed by atoms with Gasteiger partial charge in [0, 0.05) is 0 Å². The summed E-state index contributed by atoms with van der Waals surface area (Å²) in [7, 11) is 0. The molecule has 0 aromatic carbocycles. The van der Waals surface area contributed by atoms with Crippen molar-refractivity contribution in [1.82, 2.24) is 0 Å². The van der Waals surface area contributed by atoms with E-state index in [1.165, 1.54) is 4.47 Å². The fraction of sp³-hybridized carbons (Fsp3) is 0.200. The van der Waals surface area contributed by atoms with Crippen LogP contribution in [0.25, 0.3) is 0 Å². The molecule has 7 heavy (non-hydrogen) atoms. The molecule has 0 amide bonds. The molecule has 0 bridgehead atoms. The Labute approximate surface area is 54.1 Å². The van der Waals surface area contributed by atoms with Crippen molar-refractivity contribution in [3.8, 4) is 0 Å². The summed E-state index contributed by atoms with van der Waals surface area (Å²) in [6.07, 6.45) is 7.21.